The van der Waals surface area contributed by atoms with Crippen molar-refractivity contribution < 1.29 is 22.3 Å². The standard InChI is InChI=1S/C39H45Cl2FN8O4S/c1-25(51)49-17-11-28(12-18-49)45-21-26-9-15-44-37(35(26)42)46-32-6-4-5-30(33(32)40)36-34(41)29(10-16-43-36)31-8-7-27(38(47-31)54-2)22-48-19-13-39(23-48)14-20-50(24-39)55(3,52)53/h4-10,15-16,28,45H,11-14,17-24H2,1-3H3,(H,44,46)/t39-/m1/s1. The van der Waals surface area contributed by atoms with Gasteiger partial charge in [-0.3, -0.25) is 14.7 Å². The molecule has 3 aliphatic heterocycles. The first kappa shape index (κ1) is 39.3. The van der Waals surface area contributed by atoms with Crippen LogP contribution in [0.1, 0.15) is 43.7 Å². The Morgan fingerprint density at radius 3 is 2.45 bits per heavy atom. The number of nitrogens with one attached hydrogen (secondary N) is 2. The average molecular weight is 812 g/mol. The van der Waals surface area contributed by atoms with Gasteiger partial charge in [-0.05, 0) is 61.9 Å². The molecule has 0 unspecified atom stereocenters. The van der Waals surface area contributed by atoms with E-state index in [0.717, 1.165) is 44.3 Å². The third-order valence-corrected chi connectivity index (χ3v) is 13.1. The summed E-state index contributed by atoms with van der Waals surface area (Å²) < 4.78 is 47.4. The van der Waals surface area contributed by atoms with Crippen molar-refractivity contribution in [3.05, 3.63) is 81.8 Å². The molecule has 12 nitrogen and oxygen atoms in total. The number of hydrogen-bond acceptors (Lipinski definition) is 10. The summed E-state index contributed by atoms with van der Waals surface area (Å²) in [7, 11) is -1.62. The molecular weight excluding hydrogens is 766 g/mol. The van der Waals surface area contributed by atoms with E-state index in [1.54, 1.807) is 61.1 Å². The first-order valence-electron chi connectivity index (χ1n) is 18.4. The predicted octanol–water partition coefficient (Wildman–Crippen LogP) is 6.36. The highest BCUT2D eigenvalue weighted by atomic mass is 35.5. The van der Waals surface area contributed by atoms with Crippen LogP contribution in [0.5, 0.6) is 5.88 Å². The van der Waals surface area contributed by atoms with E-state index in [4.69, 9.17) is 32.9 Å². The molecule has 1 amide bonds. The summed E-state index contributed by atoms with van der Waals surface area (Å²) in [5, 5.41) is 7.12. The second-order valence-electron chi connectivity index (χ2n) is 14.8. The highest BCUT2D eigenvalue weighted by Gasteiger charge is 2.45. The largest absolute Gasteiger partial charge is 0.481 e. The average Bonchev–Trinajstić information content (AvgIpc) is 3.79. The lowest BCUT2D eigenvalue weighted by Gasteiger charge is -2.31. The number of halogens is 3. The Bertz CT molecular complexity index is 2190. The number of pyridine rings is 3. The van der Waals surface area contributed by atoms with Crippen molar-refractivity contribution >= 4 is 50.6 Å². The van der Waals surface area contributed by atoms with Crippen LogP contribution in [0, 0.1) is 11.2 Å². The van der Waals surface area contributed by atoms with Crippen molar-refractivity contribution in [1.82, 2.24) is 34.4 Å². The second-order valence-corrected chi connectivity index (χ2v) is 17.5. The van der Waals surface area contributed by atoms with E-state index in [-0.39, 0.29) is 23.2 Å². The van der Waals surface area contributed by atoms with Crippen LogP contribution in [-0.4, -0.2) is 102 Å². The van der Waals surface area contributed by atoms with Gasteiger partial charge in [0.1, 0.15) is 0 Å². The Morgan fingerprint density at radius 1 is 0.964 bits per heavy atom. The van der Waals surface area contributed by atoms with Crippen LogP contribution in [0.25, 0.3) is 22.5 Å². The Labute approximate surface area is 331 Å². The Hall–Kier alpha value is -3.92. The molecule has 3 aliphatic rings. The van der Waals surface area contributed by atoms with Crippen LogP contribution in [0.3, 0.4) is 0 Å². The SMILES string of the molecule is COc1nc(-c2ccnc(-c3cccc(Nc4nccc(CNC5CCN(C(C)=O)CC5)c4F)c3Cl)c2Cl)ccc1CN1CC[C@@]2(CCN(S(C)(=O)=O)C2)C1. The van der Waals surface area contributed by atoms with Gasteiger partial charge in [-0.1, -0.05) is 41.4 Å². The molecule has 4 aromatic rings. The third kappa shape index (κ3) is 8.59. The van der Waals surface area contributed by atoms with Gasteiger partial charge >= 0.3 is 0 Å². The minimum atomic E-state index is -3.20. The molecule has 292 valence electrons. The van der Waals surface area contributed by atoms with E-state index in [1.807, 2.05) is 17.0 Å². The van der Waals surface area contributed by atoms with E-state index >= 15 is 4.39 Å². The summed E-state index contributed by atoms with van der Waals surface area (Å²) in [4.78, 5) is 29.5. The van der Waals surface area contributed by atoms with Gasteiger partial charge in [-0.15, -0.1) is 0 Å². The Kier molecular flexibility index (Phi) is 11.6. The normalized spacial score (nSPS) is 19.7. The molecular formula is C39H45Cl2FN8O4S. The highest BCUT2D eigenvalue weighted by molar-refractivity contribution is 7.88. The van der Waals surface area contributed by atoms with E-state index in [0.29, 0.717) is 89.0 Å². The fourth-order valence-electron chi connectivity index (χ4n) is 7.96. The number of carbonyl (C=O) groups excluding carboxylic acids is 1. The van der Waals surface area contributed by atoms with Crippen LogP contribution in [0.2, 0.25) is 10.0 Å². The van der Waals surface area contributed by atoms with E-state index in [9.17, 15) is 13.2 Å². The first-order chi connectivity index (χ1) is 26.3. The van der Waals surface area contributed by atoms with Crippen molar-refractivity contribution in [2.24, 2.45) is 5.41 Å². The Balaban J connectivity index is 1.05. The monoisotopic (exact) mass is 810 g/mol. The lowest BCUT2D eigenvalue weighted by atomic mass is 9.86. The lowest BCUT2D eigenvalue weighted by Crippen LogP contribution is -2.44. The van der Waals surface area contributed by atoms with E-state index in [1.165, 1.54) is 6.26 Å². The molecule has 0 radical (unpaired) electrons. The van der Waals surface area contributed by atoms with Crippen LogP contribution < -0.4 is 15.4 Å². The number of sulfonamides is 1. The molecule has 1 spiro atoms. The fourth-order valence-corrected chi connectivity index (χ4v) is 9.46. The maximum atomic E-state index is 15.7. The number of methoxy groups -OCH3 is 1. The smallest absolute Gasteiger partial charge is 0.219 e. The van der Waals surface area contributed by atoms with E-state index < -0.39 is 15.8 Å². The van der Waals surface area contributed by atoms with Gasteiger partial charge in [-0.2, -0.15) is 0 Å². The number of aromatic nitrogens is 3. The fraction of sp³-hybridized carbons (Fsp3) is 0.436. The molecule has 1 aromatic carbocycles. The third-order valence-electron chi connectivity index (χ3n) is 11.1. The zero-order valence-corrected chi connectivity index (χ0v) is 33.4. The van der Waals surface area contributed by atoms with Gasteiger partial charge in [0.2, 0.25) is 21.8 Å². The van der Waals surface area contributed by atoms with Crippen molar-refractivity contribution in [2.45, 2.75) is 51.7 Å². The van der Waals surface area contributed by atoms with Crippen molar-refractivity contribution in [3.63, 3.8) is 0 Å². The summed E-state index contributed by atoms with van der Waals surface area (Å²) in [6.07, 6.45) is 7.90. The number of likely N-dealkylation sites (tertiary alicyclic amines) is 2. The number of ether oxygens (including phenoxy) is 1. The second kappa shape index (κ2) is 16.3. The molecule has 0 aliphatic carbocycles. The van der Waals surface area contributed by atoms with Crippen molar-refractivity contribution in [3.8, 4) is 28.4 Å². The number of rotatable bonds is 11. The number of piperidine rings is 1. The van der Waals surface area contributed by atoms with Gasteiger partial charge in [-0.25, -0.2) is 27.1 Å². The summed E-state index contributed by atoms with van der Waals surface area (Å²) in [5.41, 5.74) is 4.00. The van der Waals surface area contributed by atoms with Gasteiger partial charge in [0.25, 0.3) is 0 Å². The van der Waals surface area contributed by atoms with E-state index in [2.05, 4.69) is 25.5 Å². The quantitative estimate of drug-likeness (QED) is 0.176. The summed E-state index contributed by atoms with van der Waals surface area (Å²) in [6.45, 7) is 6.70. The number of nitrogens with zero attached hydrogens (tertiary/aromatic N) is 6. The molecule has 0 bridgehead atoms. The number of amides is 1. The van der Waals surface area contributed by atoms with Gasteiger partial charge in [0.15, 0.2) is 11.6 Å². The summed E-state index contributed by atoms with van der Waals surface area (Å²) >= 11 is 14.0. The molecule has 2 N–H and O–H groups in total. The van der Waals surface area contributed by atoms with Crippen LogP contribution in [0.4, 0.5) is 15.9 Å². The highest BCUT2D eigenvalue weighted by Crippen LogP contribution is 2.43. The molecule has 1 atom stereocenters. The number of benzene rings is 1. The molecule has 6 heterocycles. The predicted molar refractivity (Wildman–Crippen MR) is 212 cm³/mol. The van der Waals surface area contributed by atoms with Gasteiger partial charge in [0, 0.05) is 93.4 Å². The van der Waals surface area contributed by atoms with Crippen LogP contribution >= 0.6 is 23.2 Å². The molecule has 55 heavy (non-hydrogen) atoms. The maximum absolute atomic E-state index is 15.7. The zero-order chi connectivity index (χ0) is 38.9. The van der Waals surface area contributed by atoms with Crippen LogP contribution in [-0.2, 0) is 27.9 Å². The number of hydrogen-bond donors (Lipinski definition) is 2. The topological polar surface area (TPSA) is 133 Å². The molecule has 3 fully saturated rings. The number of anilines is 2. The zero-order valence-electron chi connectivity index (χ0n) is 31.1. The van der Waals surface area contributed by atoms with Crippen molar-refractivity contribution in [2.75, 3.05) is 58.0 Å². The maximum Gasteiger partial charge on any atom is 0.219 e. The minimum absolute atomic E-state index is 0.0259. The minimum Gasteiger partial charge on any atom is -0.481 e. The first-order valence-corrected chi connectivity index (χ1v) is 21.0. The van der Waals surface area contributed by atoms with Gasteiger partial charge < -0.3 is 20.3 Å². The van der Waals surface area contributed by atoms with Crippen molar-refractivity contribution in [1.29, 1.82) is 0 Å². The molecule has 7 rings (SSSR count). The summed E-state index contributed by atoms with van der Waals surface area (Å²) in [5.74, 6) is 0.107. The van der Waals surface area contributed by atoms with Crippen LogP contribution in [0.15, 0.2) is 54.9 Å². The van der Waals surface area contributed by atoms with Gasteiger partial charge in [0.05, 0.1) is 40.5 Å². The summed E-state index contributed by atoms with van der Waals surface area (Å²) in [6, 6.07) is 12.8. The molecule has 3 saturated heterocycles. The number of carbonyl (C=O) groups is 1. The molecule has 16 heteroatoms. The molecule has 3 aromatic heterocycles. The Morgan fingerprint density at radius 2 is 1.73 bits per heavy atom. The molecule has 0 saturated carbocycles. The lowest BCUT2D eigenvalue weighted by molar-refractivity contribution is -0.129.